The van der Waals surface area contributed by atoms with E-state index >= 15 is 0 Å². The van der Waals surface area contributed by atoms with Crippen LogP contribution in [-0.4, -0.2) is 41.8 Å². The van der Waals surface area contributed by atoms with Gasteiger partial charge in [0, 0.05) is 12.1 Å². The monoisotopic (exact) mass is 317 g/mol. The van der Waals surface area contributed by atoms with Crippen LogP contribution in [0.25, 0.3) is 0 Å². The summed E-state index contributed by atoms with van der Waals surface area (Å²) in [5, 5.41) is 2.60. The Balaban J connectivity index is 1.88. The second kappa shape index (κ2) is 7.76. The standard InChI is InChI=1S/C17H23N3O3/c1-2-4-12-6-8-13(9-7-12)17(23)19-11-15(21)20-10-3-5-14(20)16(18)22/h6-9,14H,2-5,10-11H2,1H3,(H2,18,22)(H,19,23). The third-order valence-electron chi connectivity index (χ3n) is 4.06. The van der Waals surface area contributed by atoms with Gasteiger partial charge in [-0.15, -0.1) is 0 Å². The average molecular weight is 317 g/mol. The molecule has 3 amide bonds. The van der Waals surface area contributed by atoms with Crippen molar-refractivity contribution in [1.29, 1.82) is 0 Å². The van der Waals surface area contributed by atoms with Crippen LogP contribution >= 0.6 is 0 Å². The third-order valence-corrected chi connectivity index (χ3v) is 4.06. The fourth-order valence-corrected chi connectivity index (χ4v) is 2.83. The van der Waals surface area contributed by atoms with Crippen LogP contribution in [0.15, 0.2) is 24.3 Å². The van der Waals surface area contributed by atoms with Crippen LogP contribution in [0.1, 0.15) is 42.1 Å². The molecule has 3 N–H and O–H groups in total. The van der Waals surface area contributed by atoms with Crippen molar-refractivity contribution in [1.82, 2.24) is 10.2 Å². The number of aryl methyl sites for hydroxylation is 1. The number of nitrogens with two attached hydrogens (primary N) is 1. The molecule has 1 saturated heterocycles. The Hall–Kier alpha value is -2.37. The topological polar surface area (TPSA) is 92.5 Å². The number of carbonyl (C=O) groups excluding carboxylic acids is 3. The van der Waals surface area contributed by atoms with Crippen molar-refractivity contribution in [2.24, 2.45) is 5.73 Å². The number of rotatable bonds is 6. The van der Waals surface area contributed by atoms with E-state index < -0.39 is 11.9 Å². The molecule has 0 radical (unpaired) electrons. The molecule has 0 saturated carbocycles. The Bertz CT molecular complexity index is 583. The first kappa shape index (κ1) is 17.0. The first-order chi connectivity index (χ1) is 11.0. The maximum Gasteiger partial charge on any atom is 0.251 e. The van der Waals surface area contributed by atoms with Crippen LogP contribution in [0.2, 0.25) is 0 Å². The van der Waals surface area contributed by atoms with E-state index in [2.05, 4.69) is 12.2 Å². The van der Waals surface area contributed by atoms with Crippen LogP contribution in [-0.2, 0) is 16.0 Å². The lowest BCUT2D eigenvalue weighted by atomic mass is 10.1. The first-order valence-electron chi connectivity index (χ1n) is 7.99. The van der Waals surface area contributed by atoms with Gasteiger partial charge in [-0.2, -0.15) is 0 Å². The van der Waals surface area contributed by atoms with Gasteiger partial charge in [-0.05, 0) is 37.0 Å². The van der Waals surface area contributed by atoms with Crippen molar-refractivity contribution in [3.05, 3.63) is 35.4 Å². The number of primary amides is 1. The van der Waals surface area contributed by atoms with E-state index in [0.717, 1.165) is 19.3 Å². The zero-order valence-electron chi connectivity index (χ0n) is 13.4. The van der Waals surface area contributed by atoms with E-state index in [1.165, 1.54) is 10.5 Å². The van der Waals surface area contributed by atoms with Crippen molar-refractivity contribution in [2.75, 3.05) is 13.1 Å². The molecule has 0 spiro atoms. The molecule has 1 aromatic carbocycles. The molecule has 6 heteroatoms. The van der Waals surface area contributed by atoms with Crippen LogP contribution < -0.4 is 11.1 Å². The lowest BCUT2D eigenvalue weighted by molar-refractivity contribution is -0.136. The maximum atomic E-state index is 12.1. The van der Waals surface area contributed by atoms with Crippen molar-refractivity contribution < 1.29 is 14.4 Å². The molecule has 0 bridgehead atoms. The summed E-state index contributed by atoms with van der Waals surface area (Å²) in [4.78, 5) is 37.0. The molecule has 2 rings (SSSR count). The van der Waals surface area contributed by atoms with Crippen LogP contribution in [0.3, 0.4) is 0 Å². The van der Waals surface area contributed by atoms with Crippen molar-refractivity contribution in [3.63, 3.8) is 0 Å². The van der Waals surface area contributed by atoms with Gasteiger partial charge in [-0.1, -0.05) is 25.5 Å². The van der Waals surface area contributed by atoms with E-state index in [1.807, 2.05) is 12.1 Å². The Morgan fingerprint density at radius 3 is 2.57 bits per heavy atom. The van der Waals surface area contributed by atoms with Crippen LogP contribution in [0.5, 0.6) is 0 Å². The Morgan fingerprint density at radius 2 is 1.96 bits per heavy atom. The third kappa shape index (κ3) is 4.31. The number of hydrogen-bond donors (Lipinski definition) is 2. The second-order valence-corrected chi connectivity index (χ2v) is 5.78. The summed E-state index contributed by atoms with van der Waals surface area (Å²) in [6.07, 6.45) is 3.38. The normalized spacial score (nSPS) is 17.1. The molecular weight excluding hydrogens is 294 g/mol. The van der Waals surface area contributed by atoms with Crippen molar-refractivity contribution in [3.8, 4) is 0 Å². The molecule has 1 aliphatic heterocycles. The number of nitrogens with zero attached hydrogens (tertiary/aromatic N) is 1. The summed E-state index contributed by atoms with van der Waals surface area (Å²) in [6, 6.07) is 6.81. The van der Waals surface area contributed by atoms with E-state index in [4.69, 9.17) is 5.73 Å². The molecule has 0 aliphatic carbocycles. The number of likely N-dealkylation sites (tertiary alicyclic amines) is 1. The molecule has 0 aromatic heterocycles. The van der Waals surface area contributed by atoms with Crippen LogP contribution in [0, 0.1) is 0 Å². The van der Waals surface area contributed by atoms with Gasteiger partial charge in [0.05, 0.1) is 6.54 Å². The largest absolute Gasteiger partial charge is 0.368 e. The molecule has 1 unspecified atom stereocenters. The highest BCUT2D eigenvalue weighted by atomic mass is 16.2. The number of nitrogens with one attached hydrogen (secondary N) is 1. The number of amides is 3. The van der Waals surface area contributed by atoms with Gasteiger partial charge in [0.25, 0.3) is 5.91 Å². The summed E-state index contributed by atoms with van der Waals surface area (Å²) in [5.41, 5.74) is 6.99. The summed E-state index contributed by atoms with van der Waals surface area (Å²) in [7, 11) is 0. The molecule has 1 aromatic rings. The smallest absolute Gasteiger partial charge is 0.251 e. The SMILES string of the molecule is CCCc1ccc(C(=O)NCC(=O)N2CCCC2C(N)=O)cc1. The van der Waals surface area contributed by atoms with Gasteiger partial charge >= 0.3 is 0 Å². The highest BCUT2D eigenvalue weighted by Gasteiger charge is 2.32. The first-order valence-corrected chi connectivity index (χ1v) is 7.99. The average Bonchev–Trinajstić information content (AvgIpc) is 3.03. The van der Waals surface area contributed by atoms with E-state index in [-0.39, 0.29) is 18.4 Å². The minimum atomic E-state index is -0.548. The van der Waals surface area contributed by atoms with E-state index in [0.29, 0.717) is 18.5 Å². The fourth-order valence-electron chi connectivity index (χ4n) is 2.83. The zero-order valence-corrected chi connectivity index (χ0v) is 13.4. The fraction of sp³-hybridized carbons (Fsp3) is 0.471. The summed E-state index contributed by atoms with van der Waals surface area (Å²) in [6.45, 7) is 2.48. The highest BCUT2D eigenvalue weighted by Crippen LogP contribution is 2.16. The molecule has 23 heavy (non-hydrogen) atoms. The molecule has 1 heterocycles. The van der Waals surface area contributed by atoms with Gasteiger partial charge in [0.1, 0.15) is 6.04 Å². The number of hydrogen-bond acceptors (Lipinski definition) is 3. The van der Waals surface area contributed by atoms with Gasteiger partial charge in [-0.25, -0.2) is 0 Å². The molecule has 1 aliphatic rings. The minimum Gasteiger partial charge on any atom is -0.368 e. The summed E-state index contributed by atoms with van der Waals surface area (Å²) < 4.78 is 0. The van der Waals surface area contributed by atoms with Crippen LogP contribution in [0.4, 0.5) is 0 Å². The predicted molar refractivity (Wildman–Crippen MR) is 86.7 cm³/mol. The Kier molecular flexibility index (Phi) is 5.73. The molecule has 1 fully saturated rings. The molecule has 1 atom stereocenters. The Labute approximate surface area is 136 Å². The highest BCUT2D eigenvalue weighted by molar-refractivity contribution is 5.97. The van der Waals surface area contributed by atoms with Gasteiger partial charge in [0.15, 0.2) is 0 Å². The van der Waals surface area contributed by atoms with Crippen molar-refractivity contribution in [2.45, 2.75) is 38.6 Å². The Morgan fingerprint density at radius 1 is 1.26 bits per heavy atom. The molecular formula is C17H23N3O3. The van der Waals surface area contributed by atoms with Crippen molar-refractivity contribution >= 4 is 17.7 Å². The second-order valence-electron chi connectivity index (χ2n) is 5.78. The molecule has 124 valence electrons. The molecule has 6 nitrogen and oxygen atoms in total. The van der Waals surface area contributed by atoms with Gasteiger partial charge < -0.3 is 16.0 Å². The summed E-state index contributed by atoms with van der Waals surface area (Å²) >= 11 is 0. The van der Waals surface area contributed by atoms with E-state index in [1.54, 1.807) is 12.1 Å². The zero-order chi connectivity index (χ0) is 16.8. The van der Waals surface area contributed by atoms with Gasteiger partial charge in [-0.3, -0.25) is 14.4 Å². The van der Waals surface area contributed by atoms with Gasteiger partial charge in [0.2, 0.25) is 11.8 Å². The number of benzene rings is 1. The van der Waals surface area contributed by atoms with E-state index in [9.17, 15) is 14.4 Å². The maximum absolute atomic E-state index is 12.1. The minimum absolute atomic E-state index is 0.126. The number of carbonyl (C=O) groups is 3. The summed E-state index contributed by atoms with van der Waals surface area (Å²) in [5.74, 6) is -1.06. The predicted octanol–water partition coefficient (Wildman–Crippen LogP) is 0.845. The quantitative estimate of drug-likeness (QED) is 0.814. The lowest BCUT2D eigenvalue weighted by Crippen LogP contribution is -2.47. The lowest BCUT2D eigenvalue weighted by Gasteiger charge is -2.22.